The summed E-state index contributed by atoms with van der Waals surface area (Å²) in [6, 6.07) is 5.59. The Morgan fingerprint density at radius 2 is 2.06 bits per heavy atom. The third kappa shape index (κ3) is 2.79. The molecule has 4 heterocycles. The highest BCUT2D eigenvalue weighted by molar-refractivity contribution is 5.98. The molecule has 2 N–H and O–H groups in total. The molecule has 1 saturated heterocycles. The second kappa shape index (κ2) is 7.00. The normalized spacial score (nSPS) is 17.3. The van der Waals surface area contributed by atoms with Crippen LogP contribution < -0.4 is 5.73 Å². The van der Waals surface area contributed by atoms with Crippen LogP contribution in [0.25, 0.3) is 27.6 Å². The maximum Gasteiger partial charge on any atom is 0.433 e. The molecule has 4 aromatic rings. The van der Waals surface area contributed by atoms with Gasteiger partial charge in [-0.2, -0.15) is 28.6 Å². The fraction of sp³-hybridized carbons (Fsp3) is 0.381. The van der Waals surface area contributed by atoms with Gasteiger partial charge in [-0.25, -0.2) is 4.68 Å². The number of fused-ring (bicyclic) bond motifs is 2. The Morgan fingerprint density at radius 3 is 2.72 bits per heavy atom. The van der Waals surface area contributed by atoms with Crippen LogP contribution in [0.2, 0.25) is 0 Å². The number of aromatic nitrogens is 5. The van der Waals surface area contributed by atoms with Gasteiger partial charge in [0.1, 0.15) is 17.5 Å². The number of nitriles is 1. The number of nitrogens with two attached hydrogens (primary N) is 1. The van der Waals surface area contributed by atoms with Crippen LogP contribution in [-0.2, 0) is 18.0 Å². The van der Waals surface area contributed by atoms with Gasteiger partial charge < -0.3 is 10.5 Å². The molecule has 8 nitrogen and oxygen atoms in total. The maximum atomic E-state index is 13.8. The highest BCUT2D eigenvalue weighted by Crippen LogP contribution is 2.42. The van der Waals surface area contributed by atoms with Crippen LogP contribution in [0.3, 0.4) is 0 Å². The number of anilines is 1. The number of benzene rings is 1. The van der Waals surface area contributed by atoms with Gasteiger partial charge in [0.2, 0.25) is 0 Å². The first-order valence-electron chi connectivity index (χ1n) is 10.2. The van der Waals surface area contributed by atoms with E-state index in [2.05, 4.69) is 10.2 Å². The summed E-state index contributed by atoms with van der Waals surface area (Å²) in [5.74, 6) is -0.0895. The summed E-state index contributed by atoms with van der Waals surface area (Å²) in [4.78, 5) is 0. The first kappa shape index (κ1) is 20.4. The van der Waals surface area contributed by atoms with Crippen molar-refractivity contribution in [3.8, 4) is 11.8 Å². The fourth-order valence-corrected chi connectivity index (χ4v) is 4.57. The van der Waals surface area contributed by atoms with Gasteiger partial charge in [-0.15, -0.1) is 0 Å². The molecule has 11 heteroatoms. The van der Waals surface area contributed by atoms with E-state index in [1.165, 1.54) is 11.6 Å². The largest absolute Gasteiger partial charge is 0.433 e. The monoisotopic (exact) mass is 443 g/mol. The van der Waals surface area contributed by atoms with E-state index in [0.717, 1.165) is 35.0 Å². The van der Waals surface area contributed by atoms with Crippen LogP contribution in [0.4, 0.5) is 19.0 Å². The van der Waals surface area contributed by atoms with Gasteiger partial charge in [-0.1, -0.05) is 6.07 Å². The molecule has 1 aliphatic rings. The Bertz CT molecular complexity index is 1400. The van der Waals surface area contributed by atoms with Crippen LogP contribution in [0.5, 0.6) is 0 Å². The zero-order chi connectivity index (χ0) is 22.8. The van der Waals surface area contributed by atoms with Crippen molar-refractivity contribution < 1.29 is 17.9 Å². The van der Waals surface area contributed by atoms with Crippen molar-refractivity contribution in [2.24, 2.45) is 7.05 Å². The second-order valence-corrected chi connectivity index (χ2v) is 7.95. The molecule has 0 spiro atoms. The number of alkyl halides is 3. The zero-order valence-corrected chi connectivity index (χ0v) is 17.4. The molecule has 0 saturated carbocycles. The van der Waals surface area contributed by atoms with Gasteiger partial charge in [0, 0.05) is 19.0 Å². The van der Waals surface area contributed by atoms with E-state index in [0.29, 0.717) is 17.7 Å². The Morgan fingerprint density at radius 1 is 1.28 bits per heavy atom. The van der Waals surface area contributed by atoms with E-state index in [-0.39, 0.29) is 28.6 Å². The standard InChI is InChI=1S/C21H20F3N7O/c1-11-6-7-14-13(10-27-31(14)15-5-3-4-8-32-15)17(11)30-19(26)12(9-25)16-18(21(22,23)24)29(2)28-20(16)30/h6-7,10,15H,3-5,8,26H2,1-2H3. The van der Waals surface area contributed by atoms with Gasteiger partial charge in [0.05, 0.1) is 22.8 Å². The molecule has 1 aliphatic heterocycles. The van der Waals surface area contributed by atoms with E-state index in [9.17, 15) is 18.4 Å². The predicted molar refractivity (Wildman–Crippen MR) is 111 cm³/mol. The summed E-state index contributed by atoms with van der Waals surface area (Å²) in [5, 5.41) is 18.7. The third-order valence-electron chi connectivity index (χ3n) is 5.97. The molecule has 1 aromatic carbocycles. The van der Waals surface area contributed by atoms with E-state index >= 15 is 0 Å². The van der Waals surface area contributed by atoms with Gasteiger partial charge in [0.15, 0.2) is 17.6 Å². The maximum absolute atomic E-state index is 13.8. The van der Waals surface area contributed by atoms with Crippen molar-refractivity contribution in [2.45, 2.75) is 38.6 Å². The number of nitrogen functional groups attached to an aromatic ring is 1. The first-order valence-corrected chi connectivity index (χ1v) is 10.2. The molecule has 3 aromatic heterocycles. The van der Waals surface area contributed by atoms with Crippen molar-refractivity contribution in [1.82, 2.24) is 24.1 Å². The van der Waals surface area contributed by atoms with Gasteiger partial charge in [-0.05, 0) is 37.8 Å². The predicted octanol–water partition coefficient (Wildman–Crippen LogP) is 4.19. The van der Waals surface area contributed by atoms with Crippen molar-refractivity contribution in [1.29, 1.82) is 5.26 Å². The molecule has 166 valence electrons. The molecule has 1 fully saturated rings. The average Bonchev–Trinajstić information content (AvgIpc) is 3.39. The lowest BCUT2D eigenvalue weighted by Gasteiger charge is -2.23. The topological polar surface area (TPSA) is 99.6 Å². The Labute approximate surface area is 180 Å². The third-order valence-corrected chi connectivity index (χ3v) is 5.97. The van der Waals surface area contributed by atoms with Gasteiger partial charge in [-0.3, -0.25) is 9.25 Å². The molecule has 5 rings (SSSR count). The van der Waals surface area contributed by atoms with E-state index in [1.807, 2.05) is 25.1 Å². The Hall–Kier alpha value is -3.52. The first-order chi connectivity index (χ1) is 15.2. The molecule has 1 unspecified atom stereocenters. The summed E-state index contributed by atoms with van der Waals surface area (Å²) in [6.45, 7) is 2.48. The van der Waals surface area contributed by atoms with E-state index < -0.39 is 11.9 Å². The fourth-order valence-electron chi connectivity index (χ4n) is 4.57. The number of aryl methyl sites for hydroxylation is 2. The number of rotatable bonds is 2. The average molecular weight is 443 g/mol. The number of hydrogen-bond acceptors (Lipinski definition) is 5. The molecule has 0 amide bonds. The zero-order valence-electron chi connectivity index (χ0n) is 17.4. The minimum Gasteiger partial charge on any atom is -0.384 e. The number of ether oxygens (including phenoxy) is 1. The van der Waals surface area contributed by atoms with Crippen LogP contribution in [0.15, 0.2) is 18.3 Å². The summed E-state index contributed by atoms with van der Waals surface area (Å²) in [7, 11) is 1.20. The Kier molecular flexibility index (Phi) is 4.46. The molecule has 32 heavy (non-hydrogen) atoms. The lowest BCUT2D eigenvalue weighted by molar-refractivity contribution is -0.142. The van der Waals surface area contributed by atoms with E-state index in [1.54, 1.807) is 10.9 Å². The molecular formula is C21H20F3N7O. The van der Waals surface area contributed by atoms with Crippen LogP contribution in [0, 0.1) is 18.3 Å². The number of nitrogens with zero attached hydrogens (tertiary/aromatic N) is 6. The minimum absolute atomic E-state index is 0.0221. The summed E-state index contributed by atoms with van der Waals surface area (Å²) in [5.41, 5.74) is 7.03. The highest BCUT2D eigenvalue weighted by atomic mass is 19.4. The van der Waals surface area contributed by atoms with Gasteiger partial charge in [0.25, 0.3) is 0 Å². The summed E-state index contributed by atoms with van der Waals surface area (Å²) < 4.78 is 51.1. The van der Waals surface area contributed by atoms with Crippen LogP contribution in [0.1, 0.15) is 42.3 Å². The summed E-state index contributed by atoms with van der Waals surface area (Å²) >= 11 is 0. The number of hydrogen-bond donors (Lipinski definition) is 1. The van der Waals surface area contributed by atoms with E-state index in [4.69, 9.17) is 10.5 Å². The molecule has 1 atom stereocenters. The van der Waals surface area contributed by atoms with Crippen molar-refractivity contribution in [3.63, 3.8) is 0 Å². The highest BCUT2D eigenvalue weighted by Gasteiger charge is 2.40. The Balaban J connectivity index is 1.82. The second-order valence-electron chi connectivity index (χ2n) is 7.95. The molecule has 0 aliphatic carbocycles. The quantitative estimate of drug-likeness (QED) is 0.501. The van der Waals surface area contributed by atoms with Crippen molar-refractivity contribution in [3.05, 3.63) is 35.2 Å². The molecular weight excluding hydrogens is 423 g/mol. The molecule has 0 bridgehead atoms. The van der Waals surface area contributed by atoms with Crippen LogP contribution in [-0.4, -0.2) is 30.7 Å². The smallest absolute Gasteiger partial charge is 0.384 e. The lowest BCUT2D eigenvalue weighted by atomic mass is 10.1. The van der Waals surface area contributed by atoms with Crippen LogP contribution >= 0.6 is 0 Å². The summed E-state index contributed by atoms with van der Waals surface area (Å²) in [6.07, 6.45) is -0.409. The number of halogens is 3. The van der Waals surface area contributed by atoms with Gasteiger partial charge >= 0.3 is 6.18 Å². The van der Waals surface area contributed by atoms with Crippen molar-refractivity contribution >= 4 is 27.8 Å². The SMILES string of the molecule is Cc1ccc2c(cnn2C2CCCCO2)c1-n1c(N)c(C#N)c2c(C(F)(F)F)n(C)nc21. The van der Waals surface area contributed by atoms with Crippen molar-refractivity contribution in [2.75, 3.05) is 12.3 Å². The molecule has 0 radical (unpaired) electrons. The lowest BCUT2D eigenvalue weighted by Crippen LogP contribution is -2.19. The minimum atomic E-state index is -4.70.